The molecule has 0 bridgehead atoms. The lowest BCUT2D eigenvalue weighted by atomic mass is 9.70. The van der Waals surface area contributed by atoms with Gasteiger partial charge >= 0.3 is 0 Å². The van der Waals surface area contributed by atoms with Gasteiger partial charge in [-0.1, -0.05) is 6.92 Å². The summed E-state index contributed by atoms with van der Waals surface area (Å²) in [5.74, 6) is 1.56. The lowest BCUT2D eigenvalue weighted by molar-refractivity contribution is -0.133. The summed E-state index contributed by atoms with van der Waals surface area (Å²) in [5, 5.41) is 3.05. The Morgan fingerprint density at radius 3 is 2.84 bits per heavy atom. The molecule has 1 saturated carbocycles. The molecule has 0 aromatic carbocycles. The zero-order valence-electron chi connectivity index (χ0n) is 11.8. The van der Waals surface area contributed by atoms with Crippen molar-refractivity contribution in [2.45, 2.75) is 45.6 Å². The van der Waals surface area contributed by atoms with Crippen LogP contribution < -0.4 is 11.1 Å². The molecule has 1 aromatic rings. The van der Waals surface area contributed by atoms with Crippen LogP contribution in [0.25, 0.3) is 0 Å². The highest BCUT2D eigenvalue weighted by atomic mass is 16.2. The number of imidazole rings is 1. The van der Waals surface area contributed by atoms with Crippen molar-refractivity contribution in [3.8, 4) is 0 Å². The molecule has 0 aliphatic heterocycles. The largest absolute Gasteiger partial charge is 0.347 e. The Bertz CT molecular complexity index is 407. The molecular formula is C14H24N4O. The molecule has 4 N–H and O–H groups in total. The van der Waals surface area contributed by atoms with Crippen molar-refractivity contribution in [1.82, 2.24) is 15.3 Å². The number of aromatic amines is 1. The topological polar surface area (TPSA) is 83.8 Å². The first-order valence-electron chi connectivity index (χ1n) is 7.08. The fraction of sp³-hybridized carbons (Fsp3) is 0.714. The summed E-state index contributed by atoms with van der Waals surface area (Å²) in [5.41, 5.74) is 5.51. The molecular weight excluding hydrogens is 240 g/mol. The van der Waals surface area contributed by atoms with Crippen LogP contribution in [0.2, 0.25) is 0 Å². The maximum Gasteiger partial charge on any atom is 0.228 e. The van der Waals surface area contributed by atoms with Crippen molar-refractivity contribution in [1.29, 1.82) is 0 Å². The number of hydrogen-bond acceptors (Lipinski definition) is 3. The summed E-state index contributed by atoms with van der Waals surface area (Å²) in [6.45, 7) is 4.60. The summed E-state index contributed by atoms with van der Waals surface area (Å²) in [6.07, 6.45) is 7.40. The van der Waals surface area contributed by atoms with E-state index in [2.05, 4.69) is 22.2 Å². The first-order chi connectivity index (χ1) is 9.07. The summed E-state index contributed by atoms with van der Waals surface area (Å²) in [7, 11) is 0. The molecule has 5 heteroatoms. The SMILES string of the molecule is CC1CCC(CN)(C(=O)NC(C)c2ncc[nH]2)CC1. The molecule has 1 aliphatic carbocycles. The molecule has 1 aromatic heterocycles. The number of hydrogen-bond donors (Lipinski definition) is 3. The third-order valence-corrected chi connectivity index (χ3v) is 4.38. The molecule has 1 unspecified atom stereocenters. The van der Waals surface area contributed by atoms with Gasteiger partial charge in [0.2, 0.25) is 5.91 Å². The molecule has 1 heterocycles. The third kappa shape index (κ3) is 2.97. The van der Waals surface area contributed by atoms with E-state index < -0.39 is 0 Å². The van der Waals surface area contributed by atoms with Crippen LogP contribution in [-0.2, 0) is 4.79 Å². The molecule has 1 atom stereocenters. The van der Waals surface area contributed by atoms with Crippen molar-refractivity contribution in [2.75, 3.05) is 6.54 Å². The Hall–Kier alpha value is -1.36. The van der Waals surface area contributed by atoms with Gasteiger partial charge in [-0.25, -0.2) is 4.98 Å². The van der Waals surface area contributed by atoms with Gasteiger partial charge in [-0.3, -0.25) is 4.79 Å². The summed E-state index contributed by atoms with van der Waals surface area (Å²) >= 11 is 0. The van der Waals surface area contributed by atoms with Crippen LogP contribution in [0.15, 0.2) is 12.4 Å². The number of amides is 1. The van der Waals surface area contributed by atoms with Gasteiger partial charge in [-0.15, -0.1) is 0 Å². The molecule has 1 fully saturated rings. The maximum atomic E-state index is 12.5. The molecule has 0 radical (unpaired) electrons. The quantitative estimate of drug-likeness (QED) is 0.774. The molecule has 1 aliphatic rings. The highest BCUT2D eigenvalue weighted by molar-refractivity contribution is 5.83. The molecule has 1 amide bonds. The lowest BCUT2D eigenvalue weighted by Crippen LogP contribution is -2.48. The van der Waals surface area contributed by atoms with E-state index in [1.54, 1.807) is 12.4 Å². The smallest absolute Gasteiger partial charge is 0.228 e. The van der Waals surface area contributed by atoms with Crippen LogP contribution in [0.1, 0.15) is 51.4 Å². The number of carbonyl (C=O) groups excluding carboxylic acids is 1. The van der Waals surface area contributed by atoms with Crippen LogP contribution in [0.3, 0.4) is 0 Å². The van der Waals surface area contributed by atoms with Gasteiger partial charge in [-0.2, -0.15) is 0 Å². The molecule has 0 spiro atoms. The Balaban J connectivity index is 2.01. The van der Waals surface area contributed by atoms with Crippen LogP contribution >= 0.6 is 0 Å². The van der Waals surface area contributed by atoms with Gasteiger partial charge < -0.3 is 16.0 Å². The summed E-state index contributed by atoms with van der Waals surface area (Å²) in [4.78, 5) is 19.7. The van der Waals surface area contributed by atoms with E-state index in [4.69, 9.17) is 5.73 Å². The van der Waals surface area contributed by atoms with Gasteiger partial charge in [-0.05, 0) is 38.5 Å². The molecule has 5 nitrogen and oxygen atoms in total. The van der Waals surface area contributed by atoms with Gasteiger partial charge in [0, 0.05) is 18.9 Å². The van der Waals surface area contributed by atoms with E-state index in [0.717, 1.165) is 31.5 Å². The fourth-order valence-electron chi connectivity index (χ4n) is 2.77. The normalized spacial score (nSPS) is 28.9. The highest BCUT2D eigenvalue weighted by Gasteiger charge is 2.40. The van der Waals surface area contributed by atoms with Crippen LogP contribution in [-0.4, -0.2) is 22.4 Å². The van der Waals surface area contributed by atoms with Crippen molar-refractivity contribution >= 4 is 5.91 Å². The first-order valence-corrected chi connectivity index (χ1v) is 7.08. The standard InChI is InChI=1S/C14H24N4O/c1-10-3-5-14(9-15,6-4-10)13(19)18-11(2)12-16-7-8-17-12/h7-8,10-11H,3-6,9,15H2,1-2H3,(H,16,17)(H,18,19). The molecule has 106 valence electrons. The van der Waals surface area contributed by atoms with Gasteiger partial charge in [0.1, 0.15) is 5.82 Å². The predicted molar refractivity (Wildman–Crippen MR) is 74.3 cm³/mol. The molecule has 0 saturated heterocycles. The van der Waals surface area contributed by atoms with Crippen molar-refractivity contribution in [3.63, 3.8) is 0 Å². The van der Waals surface area contributed by atoms with Crippen molar-refractivity contribution in [2.24, 2.45) is 17.1 Å². The number of carbonyl (C=O) groups is 1. The van der Waals surface area contributed by atoms with Crippen LogP contribution in [0.5, 0.6) is 0 Å². The van der Waals surface area contributed by atoms with Crippen molar-refractivity contribution in [3.05, 3.63) is 18.2 Å². The van der Waals surface area contributed by atoms with Gasteiger partial charge in [0.25, 0.3) is 0 Å². The Kier molecular flexibility index (Phi) is 4.24. The van der Waals surface area contributed by atoms with E-state index in [1.165, 1.54) is 0 Å². The number of nitrogens with zero attached hydrogens (tertiary/aromatic N) is 1. The number of H-pyrrole nitrogens is 1. The summed E-state index contributed by atoms with van der Waals surface area (Å²) in [6, 6.07) is -0.106. The number of nitrogens with one attached hydrogen (secondary N) is 2. The van der Waals surface area contributed by atoms with Gasteiger partial charge in [0.05, 0.1) is 11.5 Å². The van der Waals surface area contributed by atoms with E-state index in [9.17, 15) is 4.79 Å². The second kappa shape index (κ2) is 5.74. The minimum Gasteiger partial charge on any atom is -0.347 e. The van der Waals surface area contributed by atoms with E-state index in [-0.39, 0.29) is 17.4 Å². The molecule has 19 heavy (non-hydrogen) atoms. The predicted octanol–water partition coefficient (Wildman–Crippen LogP) is 1.74. The second-order valence-electron chi connectivity index (χ2n) is 5.84. The first kappa shape index (κ1) is 14.1. The van der Waals surface area contributed by atoms with E-state index >= 15 is 0 Å². The Morgan fingerprint density at radius 1 is 1.63 bits per heavy atom. The second-order valence-corrected chi connectivity index (χ2v) is 5.84. The summed E-state index contributed by atoms with van der Waals surface area (Å²) < 4.78 is 0. The average Bonchev–Trinajstić information content (AvgIpc) is 2.94. The Labute approximate surface area is 114 Å². The third-order valence-electron chi connectivity index (χ3n) is 4.38. The van der Waals surface area contributed by atoms with E-state index in [0.29, 0.717) is 12.5 Å². The zero-order chi connectivity index (χ0) is 13.9. The maximum absolute atomic E-state index is 12.5. The fourth-order valence-corrected chi connectivity index (χ4v) is 2.77. The minimum absolute atomic E-state index is 0.0748. The van der Waals surface area contributed by atoms with Crippen LogP contribution in [0.4, 0.5) is 0 Å². The average molecular weight is 264 g/mol. The number of aromatic nitrogens is 2. The number of rotatable bonds is 4. The minimum atomic E-state index is -0.382. The lowest BCUT2D eigenvalue weighted by Gasteiger charge is -2.37. The highest BCUT2D eigenvalue weighted by Crippen LogP contribution is 2.38. The van der Waals surface area contributed by atoms with Crippen molar-refractivity contribution < 1.29 is 4.79 Å². The van der Waals surface area contributed by atoms with Gasteiger partial charge in [0.15, 0.2) is 0 Å². The zero-order valence-corrected chi connectivity index (χ0v) is 11.8. The Morgan fingerprint density at radius 2 is 2.32 bits per heavy atom. The van der Waals surface area contributed by atoms with Crippen LogP contribution in [0, 0.1) is 11.3 Å². The van der Waals surface area contributed by atoms with E-state index in [1.807, 2.05) is 6.92 Å². The molecule has 2 rings (SSSR count). The monoisotopic (exact) mass is 264 g/mol. The number of nitrogens with two attached hydrogens (primary N) is 1.